The van der Waals surface area contributed by atoms with Gasteiger partial charge in [-0.1, -0.05) is 181 Å². The highest BCUT2D eigenvalue weighted by molar-refractivity contribution is 5.94. The zero-order chi connectivity index (χ0) is 55.3. The molecule has 0 saturated heterocycles. The molecular weight excluding hydrogens is 979 g/mol. The fourth-order valence-electron chi connectivity index (χ4n) is 9.07. The quantitative estimate of drug-likeness (QED) is 0.0210. The fourth-order valence-corrected chi connectivity index (χ4v) is 9.07. The molecule has 0 fully saturated rings. The molecule has 0 aromatic heterocycles. The molecule has 0 aliphatic heterocycles. The van der Waals surface area contributed by atoms with E-state index >= 15 is 0 Å². The molecular formula is C67H85NO10. The number of hydrogen-bond acceptors (Lipinski definition) is 11. The van der Waals surface area contributed by atoms with E-state index < -0.39 is 23.9 Å². The summed E-state index contributed by atoms with van der Waals surface area (Å²) in [5.74, 6) is -0.922. The topological polar surface area (TPSA) is 147 Å². The van der Waals surface area contributed by atoms with E-state index in [1.165, 1.54) is 221 Å². The van der Waals surface area contributed by atoms with E-state index in [1.807, 2.05) is 6.07 Å². The highest BCUT2D eigenvalue weighted by Crippen LogP contribution is 2.28. The highest BCUT2D eigenvalue weighted by atomic mass is 16.6. The first kappa shape index (κ1) is 61.9. The van der Waals surface area contributed by atoms with Crippen LogP contribution in [0.25, 0.3) is 0 Å². The summed E-state index contributed by atoms with van der Waals surface area (Å²) in [7, 11) is 0. The van der Waals surface area contributed by atoms with Gasteiger partial charge in [-0.25, -0.2) is 19.2 Å². The molecule has 418 valence electrons. The van der Waals surface area contributed by atoms with E-state index in [0.29, 0.717) is 35.8 Å². The summed E-state index contributed by atoms with van der Waals surface area (Å²) in [6, 6.07) is 31.3. The molecule has 11 heteroatoms. The Kier molecular flexibility index (Phi) is 30.0. The van der Waals surface area contributed by atoms with Gasteiger partial charge in [0.25, 0.3) is 0 Å². The van der Waals surface area contributed by atoms with Crippen molar-refractivity contribution in [3.63, 3.8) is 0 Å². The van der Waals surface area contributed by atoms with Crippen LogP contribution >= 0.6 is 0 Å². The lowest BCUT2D eigenvalue weighted by molar-refractivity contribution is 0.0723. The molecule has 78 heavy (non-hydrogen) atoms. The lowest BCUT2D eigenvalue weighted by Gasteiger charge is -2.10. The minimum Gasteiger partial charge on any atom is -0.494 e. The number of carbonyl (C=O) groups excluding carboxylic acids is 4. The number of ether oxygens (including phenoxy) is 6. The monoisotopic (exact) mass is 1060 g/mol. The highest BCUT2D eigenvalue weighted by Gasteiger charge is 2.18. The molecule has 5 rings (SSSR count). The molecule has 0 radical (unpaired) electrons. The molecule has 0 N–H and O–H groups in total. The molecule has 0 aliphatic rings. The van der Waals surface area contributed by atoms with Crippen molar-refractivity contribution in [3.8, 4) is 40.6 Å². The Morgan fingerprint density at radius 1 is 0.321 bits per heavy atom. The van der Waals surface area contributed by atoms with Gasteiger partial charge in [-0.3, -0.25) is 0 Å². The summed E-state index contributed by atoms with van der Waals surface area (Å²) in [6.45, 7) is 5.77. The van der Waals surface area contributed by atoms with Crippen molar-refractivity contribution in [1.82, 2.24) is 0 Å². The van der Waals surface area contributed by atoms with Crippen LogP contribution in [0, 0.1) is 11.3 Å². The maximum Gasteiger partial charge on any atom is 0.343 e. The molecule has 11 nitrogen and oxygen atoms in total. The predicted molar refractivity (Wildman–Crippen MR) is 308 cm³/mol. The van der Waals surface area contributed by atoms with E-state index in [1.54, 1.807) is 48.5 Å². The molecule has 0 amide bonds. The van der Waals surface area contributed by atoms with Gasteiger partial charge in [-0.15, -0.1) is 0 Å². The third kappa shape index (κ3) is 24.6. The lowest BCUT2D eigenvalue weighted by atomic mass is 10.0. The summed E-state index contributed by atoms with van der Waals surface area (Å²) >= 11 is 0. The summed E-state index contributed by atoms with van der Waals surface area (Å²) in [4.78, 5) is 52.1. The molecule has 0 atom stereocenters. The van der Waals surface area contributed by atoms with Gasteiger partial charge in [0.1, 0.15) is 34.8 Å². The van der Waals surface area contributed by atoms with Crippen LogP contribution in [-0.4, -0.2) is 37.1 Å². The summed E-state index contributed by atoms with van der Waals surface area (Å²) in [6.07, 6.45) is 36.4. The van der Waals surface area contributed by atoms with Crippen molar-refractivity contribution in [1.29, 1.82) is 5.26 Å². The van der Waals surface area contributed by atoms with Gasteiger partial charge in [0.15, 0.2) is 5.75 Å². The molecule has 0 heterocycles. The number of benzene rings is 5. The summed E-state index contributed by atoms with van der Waals surface area (Å²) in [5.41, 5.74) is 1.02. The predicted octanol–water partition coefficient (Wildman–Crippen LogP) is 18.2. The summed E-state index contributed by atoms with van der Waals surface area (Å²) < 4.78 is 34.0. The average molecular weight is 1060 g/mol. The largest absolute Gasteiger partial charge is 0.494 e. The van der Waals surface area contributed by atoms with E-state index in [0.717, 1.165) is 25.7 Å². The maximum absolute atomic E-state index is 13.2. The Balaban J connectivity index is 0.955. The number of nitriles is 1. The Morgan fingerprint density at radius 2 is 0.577 bits per heavy atom. The second-order valence-electron chi connectivity index (χ2n) is 20.3. The van der Waals surface area contributed by atoms with Crippen LogP contribution in [0.3, 0.4) is 0 Å². The number of esters is 4. The lowest BCUT2D eigenvalue weighted by Crippen LogP contribution is -2.12. The molecule has 0 bridgehead atoms. The van der Waals surface area contributed by atoms with Crippen LogP contribution in [0.15, 0.2) is 115 Å². The van der Waals surface area contributed by atoms with Gasteiger partial charge in [0.2, 0.25) is 0 Å². The SMILES string of the molecule is CCCCCCCCCCCCCCCCOc1ccc(C(=O)Oc2ccc(C(=O)Oc3ccc(C#N)c(OC(=O)c4ccc(OC(=O)c5ccc(OCCCCCCCCCCCCCCCC)cc5)cc4)c3)cc2)cc1. The normalized spacial score (nSPS) is 10.9. The zero-order valence-corrected chi connectivity index (χ0v) is 46.7. The number of unbranched alkanes of at least 4 members (excludes halogenated alkanes) is 26. The number of nitrogens with zero attached hydrogens (tertiary/aromatic N) is 1. The molecule has 0 saturated carbocycles. The summed E-state index contributed by atoms with van der Waals surface area (Å²) in [5, 5.41) is 9.74. The smallest absolute Gasteiger partial charge is 0.343 e. The van der Waals surface area contributed by atoms with Crippen molar-refractivity contribution in [2.75, 3.05) is 13.2 Å². The van der Waals surface area contributed by atoms with E-state index in [2.05, 4.69) is 13.8 Å². The fraction of sp³-hybridized carbons (Fsp3) is 0.478. The molecule has 0 aliphatic carbocycles. The zero-order valence-electron chi connectivity index (χ0n) is 46.7. The Labute approximate surface area is 465 Å². The van der Waals surface area contributed by atoms with Crippen molar-refractivity contribution in [3.05, 3.63) is 143 Å². The third-order valence-corrected chi connectivity index (χ3v) is 13.8. The first-order valence-electron chi connectivity index (χ1n) is 29.3. The number of hydrogen-bond donors (Lipinski definition) is 0. The van der Waals surface area contributed by atoms with Crippen LogP contribution in [0.5, 0.6) is 34.5 Å². The van der Waals surface area contributed by atoms with Crippen LogP contribution in [-0.2, 0) is 0 Å². The first-order chi connectivity index (χ1) is 38.3. The van der Waals surface area contributed by atoms with Crippen LogP contribution in [0.2, 0.25) is 0 Å². The van der Waals surface area contributed by atoms with Crippen LogP contribution < -0.4 is 28.4 Å². The van der Waals surface area contributed by atoms with Gasteiger partial charge < -0.3 is 28.4 Å². The van der Waals surface area contributed by atoms with E-state index in [4.69, 9.17) is 28.4 Å². The Morgan fingerprint density at radius 3 is 0.885 bits per heavy atom. The van der Waals surface area contributed by atoms with Crippen molar-refractivity contribution < 1.29 is 47.6 Å². The van der Waals surface area contributed by atoms with Gasteiger partial charge >= 0.3 is 23.9 Å². The molecule has 0 unspecified atom stereocenters. The minimum atomic E-state index is -0.789. The van der Waals surface area contributed by atoms with Gasteiger partial charge in [-0.2, -0.15) is 5.26 Å². The second-order valence-corrected chi connectivity index (χ2v) is 20.3. The van der Waals surface area contributed by atoms with Crippen molar-refractivity contribution in [2.45, 2.75) is 194 Å². The first-order valence-corrected chi connectivity index (χ1v) is 29.3. The number of carbonyl (C=O) groups is 4. The van der Waals surface area contributed by atoms with Gasteiger partial charge in [0, 0.05) is 6.07 Å². The maximum atomic E-state index is 13.2. The average Bonchev–Trinajstić information content (AvgIpc) is 3.46. The van der Waals surface area contributed by atoms with Gasteiger partial charge in [-0.05, 0) is 122 Å². The van der Waals surface area contributed by atoms with Crippen molar-refractivity contribution in [2.24, 2.45) is 0 Å². The van der Waals surface area contributed by atoms with Gasteiger partial charge in [0.05, 0.1) is 41.0 Å². The molecule has 0 spiro atoms. The second kappa shape index (κ2) is 37.8. The van der Waals surface area contributed by atoms with Crippen LogP contribution in [0.4, 0.5) is 0 Å². The molecule has 5 aromatic rings. The van der Waals surface area contributed by atoms with Crippen molar-refractivity contribution >= 4 is 23.9 Å². The molecule has 5 aromatic carbocycles. The standard InChI is InChI=1S/C67H85NO10/c1-3-5-7-9-11-13-15-17-19-21-23-25-27-29-49-73-58-40-31-53(32-41-58)64(69)75-60-44-35-55(36-45-60)66(71)77-62-48-39-57(52-68)63(51-62)78-67(72)56-37-46-61(47-38-56)76-65(70)54-33-42-59(43-34-54)74-50-30-28-26-24-22-20-18-16-14-12-10-8-6-4-2/h31-48,51H,3-30,49-50H2,1-2H3. The van der Waals surface area contributed by atoms with E-state index in [-0.39, 0.29) is 39.7 Å². The third-order valence-electron chi connectivity index (χ3n) is 13.8. The minimum absolute atomic E-state index is 0.0243. The number of rotatable bonds is 40. The van der Waals surface area contributed by atoms with E-state index in [9.17, 15) is 24.4 Å². The van der Waals surface area contributed by atoms with Crippen LogP contribution in [0.1, 0.15) is 241 Å². The Hall–Kier alpha value is -6.93. The Bertz CT molecular complexity index is 2530.